The molecular weight excluding hydrogens is 250 g/mol. The van der Waals surface area contributed by atoms with Crippen LogP contribution in [0, 0.1) is 17.0 Å². The normalized spacial score (nSPS) is 10.4. The smallest absolute Gasteiger partial charge is 0.258 e. The van der Waals surface area contributed by atoms with Crippen LogP contribution in [0.15, 0.2) is 18.2 Å². The minimum absolute atomic E-state index is 0.0730. The zero-order valence-corrected chi connectivity index (χ0v) is 9.75. The molecule has 0 saturated carbocycles. The summed E-state index contributed by atoms with van der Waals surface area (Å²) >= 11 is 6.87. The maximum Gasteiger partial charge on any atom is 0.273 e. The number of aromatic nitrogens is 2. The zero-order valence-electron chi connectivity index (χ0n) is 8.18. The van der Waals surface area contributed by atoms with E-state index >= 15 is 0 Å². The number of benzene rings is 1. The van der Waals surface area contributed by atoms with Gasteiger partial charge in [0.25, 0.3) is 5.69 Å². The van der Waals surface area contributed by atoms with Crippen molar-refractivity contribution in [2.45, 2.75) is 6.92 Å². The van der Waals surface area contributed by atoms with Gasteiger partial charge in [-0.1, -0.05) is 23.5 Å². The third-order valence-electron chi connectivity index (χ3n) is 2.13. The third kappa shape index (κ3) is 1.89. The Balaban J connectivity index is 2.58. The highest BCUT2D eigenvalue weighted by molar-refractivity contribution is 7.18. The van der Waals surface area contributed by atoms with Gasteiger partial charge in [0.1, 0.15) is 5.01 Å². The van der Waals surface area contributed by atoms with Gasteiger partial charge in [0.05, 0.1) is 4.92 Å². The molecule has 1 heterocycles. The number of nitro groups is 1. The van der Waals surface area contributed by atoms with Gasteiger partial charge in [-0.3, -0.25) is 10.1 Å². The van der Waals surface area contributed by atoms with Crippen molar-refractivity contribution in [3.8, 4) is 10.6 Å². The summed E-state index contributed by atoms with van der Waals surface area (Å²) in [5.41, 5.74) is 1.34. The first-order chi connectivity index (χ1) is 7.59. The van der Waals surface area contributed by atoms with E-state index in [-0.39, 0.29) is 5.69 Å². The van der Waals surface area contributed by atoms with Gasteiger partial charge in [-0.25, -0.2) is 0 Å². The fourth-order valence-corrected chi connectivity index (χ4v) is 2.28. The lowest BCUT2D eigenvalue weighted by Gasteiger charge is -2.01. The monoisotopic (exact) mass is 255 g/mol. The van der Waals surface area contributed by atoms with E-state index in [2.05, 4.69) is 10.2 Å². The second kappa shape index (κ2) is 4.15. The van der Waals surface area contributed by atoms with Crippen LogP contribution in [0.4, 0.5) is 5.69 Å². The quantitative estimate of drug-likeness (QED) is 0.611. The first kappa shape index (κ1) is 11.0. The van der Waals surface area contributed by atoms with Crippen LogP contribution in [-0.2, 0) is 0 Å². The largest absolute Gasteiger partial charge is 0.273 e. The van der Waals surface area contributed by atoms with Gasteiger partial charge in [-0.15, -0.1) is 10.2 Å². The molecule has 0 radical (unpaired) electrons. The number of nitrogens with zero attached hydrogens (tertiary/aromatic N) is 3. The molecule has 5 nitrogen and oxygen atoms in total. The predicted molar refractivity (Wildman–Crippen MR) is 61.7 cm³/mol. The highest BCUT2D eigenvalue weighted by Crippen LogP contribution is 2.32. The van der Waals surface area contributed by atoms with Crippen molar-refractivity contribution in [2.75, 3.05) is 0 Å². The molecule has 7 heteroatoms. The lowest BCUT2D eigenvalue weighted by Crippen LogP contribution is -1.93. The van der Waals surface area contributed by atoms with Gasteiger partial charge in [-0.05, 0) is 18.5 Å². The fourth-order valence-electron chi connectivity index (χ4n) is 1.37. The minimum Gasteiger partial charge on any atom is -0.258 e. The second-order valence-electron chi connectivity index (χ2n) is 3.07. The number of hydrogen-bond donors (Lipinski definition) is 0. The van der Waals surface area contributed by atoms with Crippen molar-refractivity contribution in [2.24, 2.45) is 0 Å². The van der Waals surface area contributed by atoms with Crippen LogP contribution >= 0.6 is 22.9 Å². The number of hydrogen-bond acceptors (Lipinski definition) is 5. The minimum atomic E-state index is -0.415. The molecule has 2 rings (SSSR count). The highest BCUT2D eigenvalue weighted by Gasteiger charge is 2.16. The molecule has 0 aliphatic rings. The van der Waals surface area contributed by atoms with E-state index in [0.717, 1.165) is 0 Å². The van der Waals surface area contributed by atoms with E-state index in [1.807, 2.05) is 0 Å². The summed E-state index contributed by atoms with van der Waals surface area (Å²) in [6, 6.07) is 4.84. The molecule has 82 valence electrons. The predicted octanol–water partition coefficient (Wildman–Crippen LogP) is 3.08. The van der Waals surface area contributed by atoms with Crippen LogP contribution in [0.5, 0.6) is 0 Å². The van der Waals surface area contributed by atoms with E-state index in [9.17, 15) is 10.1 Å². The molecule has 1 aromatic carbocycles. The van der Waals surface area contributed by atoms with E-state index in [1.54, 1.807) is 19.1 Å². The average molecular weight is 256 g/mol. The first-order valence-electron chi connectivity index (χ1n) is 4.33. The Kier molecular flexibility index (Phi) is 2.84. The Bertz CT molecular complexity index is 555. The molecule has 2 aromatic rings. The third-order valence-corrected chi connectivity index (χ3v) is 3.18. The SMILES string of the molecule is Cc1c(-c2nnc(Cl)s2)cccc1[N+](=O)[O-]. The van der Waals surface area contributed by atoms with Gasteiger partial charge in [0, 0.05) is 17.2 Å². The van der Waals surface area contributed by atoms with Crippen molar-refractivity contribution in [3.63, 3.8) is 0 Å². The van der Waals surface area contributed by atoms with E-state index in [0.29, 0.717) is 20.6 Å². The molecule has 1 aromatic heterocycles. The average Bonchev–Trinajstić information content (AvgIpc) is 2.64. The van der Waals surface area contributed by atoms with Gasteiger partial charge in [0.2, 0.25) is 4.47 Å². The Morgan fingerprint density at radius 1 is 1.44 bits per heavy atom. The molecule has 0 fully saturated rings. The van der Waals surface area contributed by atoms with E-state index in [4.69, 9.17) is 11.6 Å². The van der Waals surface area contributed by atoms with Gasteiger partial charge in [-0.2, -0.15) is 0 Å². The molecule has 0 saturated heterocycles. The summed E-state index contributed by atoms with van der Waals surface area (Å²) in [7, 11) is 0. The van der Waals surface area contributed by atoms with E-state index < -0.39 is 4.92 Å². The molecule has 0 unspecified atom stereocenters. The summed E-state index contributed by atoms with van der Waals surface area (Å²) in [5.74, 6) is 0. The standard InChI is InChI=1S/C9H6ClN3O2S/c1-5-6(8-11-12-9(10)16-8)3-2-4-7(5)13(14)15/h2-4H,1H3. The number of halogens is 1. The Morgan fingerprint density at radius 3 is 2.75 bits per heavy atom. The zero-order chi connectivity index (χ0) is 11.7. The summed E-state index contributed by atoms with van der Waals surface area (Å²) in [6.07, 6.45) is 0. The second-order valence-corrected chi connectivity index (χ2v) is 4.63. The maximum atomic E-state index is 10.8. The lowest BCUT2D eigenvalue weighted by atomic mass is 10.1. The van der Waals surface area contributed by atoms with Crippen LogP contribution in [0.1, 0.15) is 5.56 Å². The Labute approximate surface area is 99.9 Å². The summed E-state index contributed by atoms with van der Waals surface area (Å²) in [6.45, 7) is 1.68. The summed E-state index contributed by atoms with van der Waals surface area (Å²) < 4.78 is 0.320. The lowest BCUT2D eigenvalue weighted by molar-refractivity contribution is -0.385. The number of nitro benzene ring substituents is 1. The van der Waals surface area contributed by atoms with Gasteiger partial charge in [0.15, 0.2) is 0 Å². The van der Waals surface area contributed by atoms with Crippen LogP contribution in [0.2, 0.25) is 4.47 Å². The Morgan fingerprint density at radius 2 is 2.19 bits per heavy atom. The van der Waals surface area contributed by atoms with Gasteiger partial charge >= 0.3 is 0 Å². The number of rotatable bonds is 2. The fraction of sp³-hybridized carbons (Fsp3) is 0.111. The molecule has 0 bridgehead atoms. The van der Waals surface area contributed by atoms with Crippen molar-refractivity contribution >= 4 is 28.6 Å². The highest BCUT2D eigenvalue weighted by atomic mass is 35.5. The van der Waals surface area contributed by atoms with Crippen molar-refractivity contribution in [1.82, 2.24) is 10.2 Å². The molecule has 0 spiro atoms. The summed E-state index contributed by atoms with van der Waals surface area (Å²) in [4.78, 5) is 10.3. The van der Waals surface area contributed by atoms with Gasteiger partial charge < -0.3 is 0 Å². The van der Waals surface area contributed by atoms with Crippen molar-refractivity contribution in [1.29, 1.82) is 0 Å². The molecule has 0 aliphatic carbocycles. The molecule has 16 heavy (non-hydrogen) atoms. The topological polar surface area (TPSA) is 68.9 Å². The maximum absolute atomic E-state index is 10.8. The molecule has 0 atom stereocenters. The van der Waals surface area contributed by atoms with Crippen LogP contribution in [0.3, 0.4) is 0 Å². The van der Waals surface area contributed by atoms with E-state index in [1.165, 1.54) is 17.4 Å². The Hall–Kier alpha value is -1.53. The summed E-state index contributed by atoms with van der Waals surface area (Å²) in [5, 5.41) is 18.9. The molecule has 0 amide bonds. The first-order valence-corrected chi connectivity index (χ1v) is 5.52. The van der Waals surface area contributed by atoms with Crippen LogP contribution in [0.25, 0.3) is 10.6 Å². The molecule has 0 aliphatic heterocycles. The van der Waals surface area contributed by atoms with Crippen LogP contribution in [-0.4, -0.2) is 15.1 Å². The molecule has 0 N–H and O–H groups in total. The van der Waals surface area contributed by atoms with Crippen molar-refractivity contribution in [3.05, 3.63) is 38.3 Å². The van der Waals surface area contributed by atoms with Crippen LogP contribution < -0.4 is 0 Å². The molecular formula is C9H6ClN3O2S. The van der Waals surface area contributed by atoms with Crippen molar-refractivity contribution < 1.29 is 4.92 Å².